The maximum atomic E-state index is 11.2. The summed E-state index contributed by atoms with van der Waals surface area (Å²) in [6, 6.07) is 0. The number of methoxy groups -OCH3 is 1. The molecule has 0 bridgehead atoms. The summed E-state index contributed by atoms with van der Waals surface area (Å²) < 4.78 is 4.25. The number of aromatic nitrogens is 1. The molecule has 1 aromatic rings. The summed E-state index contributed by atoms with van der Waals surface area (Å²) in [6.07, 6.45) is 1.12. The number of hydrogen-bond donors (Lipinski definition) is 2. The molecule has 1 aliphatic rings. The van der Waals surface area contributed by atoms with Gasteiger partial charge in [-0.15, -0.1) is 11.8 Å². The molecule has 0 fully saturated rings. The number of hydrogen-bond acceptors (Lipinski definition) is 5. The molecule has 0 radical (unpaired) electrons. The van der Waals surface area contributed by atoms with Gasteiger partial charge in [-0.2, -0.15) is 0 Å². The Bertz CT molecular complexity index is 441. The van der Waals surface area contributed by atoms with Crippen LogP contribution in [0.3, 0.4) is 0 Å². The Kier molecular flexibility index (Phi) is 4.57. The minimum Gasteiger partial charge on any atom is -0.506 e. The molecule has 0 saturated carbocycles. The predicted molar refractivity (Wildman–Crippen MR) is 61.5 cm³/mol. The van der Waals surface area contributed by atoms with Crippen molar-refractivity contribution in [3.05, 3.63) is 21.6 Å². The first-order valence-corrected chi connectivity index (χ1v) is 5.60. The molecule has 0 amide bonds. The van der Waals surface area contributed by atoms with Crippen molar-refractivity contribution < 1.29 is 14.6 Å². The second kappa shape index (κ2) is 5.72. The van der Waals surface area contributed by atoms with E-state index in [-0.39, 0.29) is 11.3 Å². The number of rotatable bonds is 1. The Hall–Kier alpha value is -1.27. The fraction of sp³-hybridized carbons (Fsp3) is 0.400. The molecular weight excluding hydrogens is 230 g/mol. The Balaban J connectivity index is 0.000000386. The molecule has 16 heavy (non-hydrogen) atoms. The number of aldehydes is 1. The number of pyridine rings is 1. The molecule has 0 atom stereocenters. The zero-order chi connectivity index (χ0) is 12.1. The van der Waals surface area contributed by atoms with Crippen LogP contribution in [0.4, 0.5) is 0 Å². The van der Waals surface area contributed by atoms with Crippen molar-refractivity contribution in [3.8, 4) is 5.75 Å². The lowest BCUT2D eigenvalue weighted by Gasteiger charge is -2.02. The number of H-pyrrole nitrogens is 1. The van der Waals surface area contributed by atoms with Gasteiger partial charge in [-0.1, -0.05) is 0 Å². The standard InChI is InChI=1S/C8H7NO3S.C2H6O/c10-3-4-6(11)7-5(1-2-13-7)9-8(4)12;1-3-2/h3H,1-2H2,(H2,9,11,12);1-2H3. The van der Waals surface area contributed by atoms with Crippen molar-refractivity contribution in [1.82, 2.24) is 4.98 Å². The molecule has 5 nitrogen and oxygen atoms in total. The van der Waals surface area contributed by atoms with E-state index in [1.54, 1.807) is 14.2 Å². The van der Waals surface area contributed by atoms with Crippen LogP contribution in [0.15, 0.2) is 9.69 Å². The lowest BCUT2D eigenvalue weighted by Crippen LogP contribution is -2.14. The number of fused-ring (bicyclic) bond motifs is 1. The van der Waals surface area contributed by atoms with Crippen LogP contribution in [0, 0.1) is 0 Å². The topological polar surface area (TPSA) is 79.4 Å². The van der Waals surface area contributed by atoms with E-state index in [9.17, 15) is 14.7 Å². The number of aromatic hydroxyl groups is 1. The van der Waals surface area contributed by atoms with Crippen LogP contribution in [0.1, 0.15) is 16.1 Å². The molecule has 88 valence electrons. The minimum absolute atomic E-state index is 0.170. The van der Waals surface area contributed by atoms with Crippen molar-refractivity contribution in [2.24, 2.45) is 0 Å². The van der Waals surface area contributed by atoms with Gasteiger partial charge in [0.25, 0.3) is 5.56 Å². The third kappa shape index (κ3) is 2.45. The Labute approximate surface area is 96.8 Å². The third-order valence-electron chi connectivity index (χ3n) is 1.97. The number of thioether (sulfide) groups is 1. The van der Waals surface area contributed by atoms with Gasteiger partial charge in [0, 0.05) is 25.7 Å². The number of carbonyl (C=O) groups excluding carboxylic acids is 1. The van der Waals surface area contributed by atoms with Gasteiger partial charge < -0.3 is 14.8 Å². The van der Waals surface area contributed by atoms with Crippen molar-refractivity contribution >= 4 is 18.0 Å². The molecule has 0 spiro atoms. The van der Waals surface area contributed by atoms with Gasteiger partial charge in [0.1, 0.15) is 11.3 Å². The van der Waals surface area contributed by atoms with E-state index < -0.39 is 5.56 Å². The fourth-order valence-electron chi connectivity index (χ4n) is 1.33. The molecule has 2 heterocycles. The Morgan fingerprint density at radius 2 is 2.12 bits per heavy atom. The number of carbonyl (C=O) groups is 1. The van der Waals surface area contributed by atoms with Crippen LogP contribution in [-0.2, 0) is 11.2 Å². The molecule has 2 rings (SSSR count). The van der Waals surface area contributed by atoms with E-state index in [2.05, 4.69) is 9.72 Å². The van der Waals surface area contributed by atoms with Crippen LogP contribution in [0.25, 0.3) is 0 Å². The summed E-state index contributed by atoms with van der Waals surface area (Å²) in [4.78, 5) is 24.9. The van der Waals surface area contributed by atoms with Crippen LogP contribution < -0.4 is 5.56 Å². The highest BCUT2D eigenvalue weighted by Gasteiger charge is 2.20. The van der Waals surface area contributed by atoms with Crippen molar-refractivity contribution in [3.63, 3.8) is 0 Å². The molecule has 1 aliphatic heterocycles. The molecule has 0 aromatic carbocycles. The van der Waals surface area contributed by atoms with Crippen molar-refractivity contribution in [1.29, 1.82) is 0 Å². The van der Waals surface area contributed by atoms with Gasteiger partial charge in [-0.3, -0.25) is 9.59 Å². The first kappa shape index (κ1) is 12.8. The third-order valence-corrected chi connectivity index (χ3v) is 3.11. The van der Waals surface area contributed by atoms with Crippen LogP contribution in [0.5, 0.6) is 5.75 Å². The monoisotopic (exact) mass is 243 g/mol. The lowest BCUT2D eigenvalue weighted by molar-refractivity contribution is 0.111. The number of aryl methyl sites for hydroxylation is 1. The molecule has 0 unspecified atom stereocenters. The first-order valence-electron chi connectivity index (χ1n) is 4.61. The van der Waals surface area contributed by atoms with Gasteiger partial charge in [0.2, 0.25) is 0 Å². The SMILES string of the molecule is COC.O=Cc1c(O)c2c([nH]c1=O)CCS2. The average Bonchev–Trinajstić information content (AvgIpc) is 2.67. The number of aromatic amines is 1. The first-order chi connectivity index (χ1) is 7.65. The summed E-state index contributed by atoms with van der Waals surface area (Å²) in [5.41, 5.74) is 0.0556. The second-order valence-electron chi connectivity index (χ2n) is 3.15. The summed E-state index contributed by atoms with van der Waals surface area (Å²) >= 11 is 1.45. The van der Waals surface area contributed by atoms with Crippen LogP contribution in [-0.4, -0.2) is 36.3 Å². The smallest absolute Gasteiger partial charge is 0.262 e. The molecule has 1 aromatic heterocycles. The highest BCUT2D eigenvalue weighted by molar-refractivity contribution is 7.99. The molecule has 6 heteroatoms. The molecule has 0 saturated heterocycles. The predicted octanol–water partition coefficient (Wildman–Crippen LogP) is 0.804. The van der Waals surface area contributed by atoms with E-state index in [4.69, 9.17) is 0 Å². The Morgan fingerprint density at radius 1 is 1.50 bits per heavy atom. The molecule has 2 N–H and O–H groups in total. The van der Waals surface area contributed by atoms with Gasteiger partial charge in [-0.25, -0.2) is 0 Å². The Morgan fingerprint density at radius 3 is 2.69 bits per heavy atom. The maximum absolute atomic E-state index is 11.2. The van der Waals surface area contributed by atoms with Crippen molar-refractivity contribution in [2.45, 2.75) is 11.3 Å². The highest BCUT2D eigenvalue weighted by Crippen LogP contribution is 2.37. The lowest BCUT2D eigenvalue weighted by atomic mass is 10.2. The van der Waals surface area contributed by atoms with Crippen molar-refractivity contribution in [2.75, 3.05) is 20.0 Å². The van der Waals surface area contributed by atoms with E-state index >= 15 is 0 Å². The zero-order valence-electron chi connectivity index (χ0n) is 9.07. The van der Waals surface area contributed by atoms with Gasteiger partial charge >= 0.3 is 0 Å². The molecular formula is C10H13NO4S. The number of ether oxygens (including phenoxy) is 1. The molecule has 0 aliphatic carbocycles. The van der Waals surface area contributed by atoms with E-state index in [1.807, 2.05) is 0 Å². The van der Waals surface area contributed by atoms with Gasteiger partial charge in [-0.05, 0) is 6.42 Å². The normalized spacial score (nSPS) is 12.6. The van der Waals surface area contributed by atoms with Gasteiger partial charge in [0.15, 0.2) is 6.29 Å². The average molecular weight is 243 g/mol. The highest BCUT2D eigenvalue weighted by atomic mass is 32.2. The maximum Gasteiger partial charge on any atom is 0.262 e. The van der Waals surface area contributed by atoms with E-state index in [0.717, 1.165) is 17.9 Å². The summed E-state index contributed by atoms with van der Waals surface area (Å²) in [6.45, 7) is 0. The summed E-state index contributed by atoms with van der Waals surface area (Å²) in [7, 11) is 3.25. The minimum atomic E-state index is -0.506. The zero-order valence-corrected chi connectivity index (χ0v) is 9.89. The van der Waals surface area contributed by atoms with Crippen LogP contribution in [0.2, 0.25) is 0 Å². The van der Waals surface area contributed by atoms with E-state index in [1.165, 1.54) is 11.8 Å². The second-order valence-corrected chi connectivity index (χ2v) is 4.25. The number of nitrogens with one attached hydrogen (secondary N) is 1. The van der Waals surface area contributed by atoms with Crippen LogP contribution >= 0.6 is 11.8 Å². The largest absolute Gasteiger partial charge is 0.506 e. The summed E-state index contributed by atoms with van der Waals surface area (Å²) in [5, 5.41) is 9.52. The van der Waals surface area contributed by atoms with Gasteiger partial charge in [0.05, 0.1) is 4.90 Å². The quantitative estimate of drug-likeness (QED) is 0.713. The fourth-order valence-corrected chi connectivity index (χ4v) is 2.41. The van der Waals surface area contributed by atoms with E-state index in [0.29, 0.717) is 11.2 Å². The summed E-state index contributed by atoms with van der Waals surface area (Å²) in [5.74, 6) is 0.664.